The Labute approximate surface area is 102 Å². The second-order valence-electron chi connectivity index (χ2n) is 3.34. The molecule has 0 aromatic carbocycles. The summed E-state index contributed by atoms with van der Waals surface area (Å²) in [4.78, 5) is 11.7. The second-order valence-corrected chi connectivity index (χ2v) is 5.70. The summed E-state index contributed by atoms with van der Waals surface area (Å²) >= 11 is 5.68. The number of halogens is 1. The molecule has 17 heavy (non-hydrogen) atoms. The van der Waals surface area contributed by atoms with Gasteiger partial charge >= 0.3 is 0 Å². The Morgan fingerprint density at radius 1 is 1.29 bits per heavy atom. The van der Waals surface area contributed by atoms with Crippen LogP contribution < -0.4 is 0 Å². The van der Waals surface area contributed by atoms with Crippen LogP contribution in [0.15, 0.2) is 17.3 Å². The van der Waals surface area contributed by atoms with Crippen molar-refractivity contribution in [2.75, 3.05) is 6.26 Å². The van der Waals surface area contributed by atoms with Crippen molar-refractivity contribution in [2.45, 2.75) is 11.8 Å². The molecule has 0 bridgehead atoms. The van der Waals surface area contributed by atoms with Crippen molar-refractivity contribution in [1.82, 2.24) is 24.7 Å². The van der Waals surface area contributed by atoms with Crippen LogP contribution in [0.5, 0.6) is 0 Å². The van der Waals surface area contributed by atoms with Gasteiger partial charge in [-0.2, -0.15) is 15.1 Å². The molecule has 7 nitrogen and oxygen atoms in total. The standard InChI is InChI=1S/C8H8ClN5O2S/c1-5-11-7(9)13-8(12-5)14-4-6(3-10-14)17(2,15)16/h3-4H,1-2H3. The van der Waals surface area contributed by atoms with E-state index in [0.717, 1.165) is 6.26 Å². The van der Waals surface area contributed by atoms with Crippen LogP contribution >= 0.6 is 11.6 Å². The smallest absolute Gasteiger partial charge is 0.224 e. The Hall–Kier alpha value is -1.54. The molecule has 2 aromatic heterocycles. The monoisotopic (exact) mass is 273 g/mol. The van der Waals surface area contributed by atoms with Crippen molar-refractivity contribution in [2.24, 2.45) is 0 Å². The van der Waals surface area contributed by atoms with Crippen molar-refractivity contribution >= 4 is 21.4 Å². The van der Waals surface area contributed by atoms with E-state index in [1.807, 2.05) is 0 Å². The molecule has 2 heterocycles. The molecule has 0 aliphatic heterocycles. The summed E-state index contributed by atoms with van der Waals surface area (Å²) in [6.45, 7) is 1.65. The minimum Gasteiger partial charge on any atom is -0.224 e. The van der Waals surface area contributed by atoms with Gasteiger partial charge in [0.05, 0.1) is 12.4 Å². The summed E-state index contributed by atoms with van der Waals surface area (Å²) in [6.07, 6.45) is 3.64. The highest BCUT2D eigenvalue weighted by atomic mass is 35.5. The van der Waals surface area contributed by atoms with Crippen LogP contribution in [0.25, 0.3) is 5.95 Å². The molecular formula is C8H8ClN5O2S. The van der Waals surface area contributed by atoms with E-state index in [2.05, 4.69) is 20.1 Å². The maximum absolute atomic E-state index is 11.3. The zero-order valence-corrected chi connectivity index (χ0v) is 10.6. The van der Waals surface area contributed by atoms with Gasteiger partial charge < -0.3 is 0 Å². The molecule has 9 heteroatoms. The Bertz CT molecular complexity index is 646. The fraction of sp³-hybridized carbons (Fsp3) is 0.250. The maximum atomic E-state index is 11.3. The van der Waals surface area contributed by atoms with Crippen molar-refractivity contribution in [3.63, 3.8) is 0 Å². The third-order valence-electron chi connectivity index (χ3n) is 1.90. The summed E-state index contributed by atoms with van der Waals surface area (Å²) < 4.78 is 23.8. The van der Waals surface area contributed by atoms with Crippen LogP contribution in [0.3, 0.4) is 0 Å². The van der Waals surface area contributed by atoms with E-state index in [-0.39, 0.29) is 16.1 Å². The van der Waals surface area contributed by atoms with E-state index in [1.54, 1.807) is 6.92 Å². The largest absolute Gasteiger partial charge is 0.255 e. The summed E-state index contributed by atoms with van der Waals surface area (Å²) in [5, 5.41) is 3.89. The number of aromatic nitrogens is 5. The topological polar surface area (TPSA) is 90.6 Å². The highest BCUT2D eigenvalue weighted by molar-refractivity contribution is 7.90. The lowest BCUT2D eigenvalue weighted by molar-refractivity contribution is 0.602. The average molecular weight is 274 g/mol. The Morgan fingerprint density at radius 3 is 2.53 bits per heavy atom. The van der Waals surface area contributed by atoms with Gasteiger partial charge in [-0.15, -0.1) is 0 Å². The van der Waals surface area contributed by atoms with E-state index in [1.165, 1.54) is 17.1 Å². The molecule has 0 N–H and O–H groups in total. The minimum absolute atomic E-state index is 0.0314. The lowest BCUT2D eigenvalue weighted by atomic mass is 10.7. The second kappa shape index (κ2) is 4.04. The van der Waals surface area contributed by atoms with Gasteiger partial charge in [0.1, 0.15) is 10.7 Å². The van der Waals surface area contributed by atoms with Crippen molar-refractivity contribution in [3.8, 4) is 5.95 Å². The first-order chi connectivity index (χ1) is 7.86. The van der Waals surface area contributed by atoms with Gasteiger partial charge in [-0.25, -0.2) is 18.1 Å². The predicted molar refractivity (Wildman–Crippen MR) is 59.8 cm³/mol. The Balaban J connectivity index is 2.51. The molecule has 0 amide bonds. The summed E-state index contributed by atoms with van der Waals surface area (Å²) in [5.74, 6) is 0.605. The van der Waals surface area contributed by atoms with Crippen LogP contribution in [0.4, 0.5) is 0 Å². The molecule has 0 saturated carbocycles. The highest BCUT2D eigenvalue weighted by Crippen LogP contribution is 2.10. The average Bonchev–Trinajstić information content (AvgIpc) is 2.63. The van der Waals surface area contributed by atoms with Crippen LogP contribution in [0.2, 0.25) is 5.28 Å². The number of hydrogen-bond acceptors (Lipinski definition) is 6. The quantitative estimate of drug-likeness (QED) is 0.788. The van der Waals surface area contributed by atoms with Gasteiger partial charge in [0.15, 0.2) is 9.84 Å². The lowest BCUT2D eigenvalue weighted by Gasteiger charge is -1.99. The van der Waals surface area contributed by atoms with Gasteiger partial charge in [0, 0.05) is 6.26 Å². The Kier molecular flexibility index (Phi) is 2.84. The third-order valence-corrected chi connectivity index (χ3v) is 3.14. The summed E-state index contributed by atoms with van der Waals surface area (Å²) in [5.41, 5.74) is 0. The van der Waals surface area contributed by atoms with Gasteiger partial charge in [0.2, 0.25) is 5.28 Å². The van der Waals surface area contributed by atoms with E-state index < -0.39 is 9.84 Å². The summed E-state index contributed by atoms with van der Waals surface area (Å²) in [6, 6.07) is 0. The molecule has 90 valence electrons. The molecule has 0 radical (unpaired) electrons. The molecule has 0 unspecified atom stereocenters. The molecule has 2 rings (SSSR count). The number of rotatable bonds is 2. The number of sulfone groups is 1. The van der Waals surface area contributed by atoms with Crippen LogP contribution in [-0.2, 0) is 9.84 Å². The minimum atomic E-state index is -3.30. The van der Waals surface area contributed by atoms with E-state index in [4.69, 9.17) is 11.6 Å². The maximum Gasteiger partial charge on any atom is 0.255 e. The fourth-order valence-electron chi connectivity index (χ4n) is 1.15. The first-order valence-electron chi connectivity index (χ1n) is 4.49. The molecule has 2 aromatic rings. The molecule has 0 fully saturated rings. The van der Waals surface area contributed by atoms with Crippen LogP contribution in [-0.4, -0.2) is 39.4 Å². The van der Waals surface area contributed by atoms with Gasteiger partial charge in [0.25, 0.3) is 5.95 Å². The SMILES string of the molecule is Cc1nc(Cl)nc(-n2cc(S(C)(=O)=O)cn2)n1. The van der Waals surface area contributed by atoms with Crippen molar-refractivity contribution < 1.29 is 8.42 Å². The molecule has 0 spiro atoms. The molecule has 0 aliphatic carbocycles. The van der Waals surface area contributed by atoms with E-state index in [0.29, 0.717) is 5.82 Å². The zero-order valence-electron chi connectivity index (χ0n) is 8.99. The van der Waals surface area contributed by atoms with Crippen LogP contribution in [0, 0.1) is 6.92 Å². The predicted octanol–water partition coefficient (Wildman–Crippen LogP) is 0.423. The van der Waals surface area contributed by atoms with Crippen LogP contribution in [0.1, 0.15) is 5.82 Å². The molecule has 0 aliphatic rings. The van der Waals surface area contributed by atoms with E-state index in [9.17, 15) is 8.42 Å². The lowest BCUT2D eigenvalue weighted by Crippen LogP contribution is -2.05. The number of hydrogen-bond donors (Lipinski definition) is 0. The van der Waals surface area contributed by atoms with Gasteiger partial charge in [-0.05, 0) is 18.5 Å². The van der Waals surface area contributed by atoms with Crippen molar-refractivity contribution in [3.05, 3.63) is 23.5 Å². The number of aryl methyl sites for hydroxylation is 1. The fourth-order valence-corrected chi connectivity index (χ4v) is 1.87. The van der Waals surface area contributed by atoms with Crippen molar-refractivity contribution in [1.29, 1.82) is 0 Å². The summed E-state index contributed by atoms with van der Waals surface area (Å²) in [7, 11) is -3.30. The normalized spacial score (nSPS) is 11.7. The molecule has 0 saturated heterocycles. The molecular weight excluding hydrogens is 266 g/mol. The third kappa shape index (κ3) is 2.59. The number of nitrogens with zero attached hydrogens (tertiary/aromatic N) is 5. The van der Waals surface area contributed by atoms with Gasteiger partial charge in [-0.1, -0.05) is 0 Å². The Morgan fingerprint density at radius 2 is 2.00 bits per heavy atom. The van der Waals surface area contributed by atoms with Gasteiger partial charge in [-0.3, -0.25) is 0 Å². The first-order valence-corrected chi connectivity index (χ1v) is 6.76. The first kappa shape index (κ1) is 11.9. The highest BCUT2D eigenvalue weighted by Gasteiger charge is 2.12. The zero-order chi connectivity index (χ0) is 12.6. The molecule has 0 atom stereocenters. The van der Waals surface area contributed by atoms with E-state index >= 15 is 0 Å².